The molecule has 0 spiro atoms. The lowest BCUT2D eigenvalue weighted by atomic mass is 9.74. The average Bonchev–Trinajstić information content (AvgIpc) is 2.66. The highest BCUT2D eigenvalue weighted by atomic mass is 32.2. The Morgan fingerprint density at radius 1 is 1.37 bits per heavy atom. The van der Waals surface area contributed by atoms with Gasteiger partial charge in [-0.15, -0.1) is 11.3 Å². The lowest BCUT2D eigenvalue weighted by molar-refractivity contribution is 0.0604. The van der Waals surface area contributed by atoms with E-state index in [1.165, 1.54) is 13.4 Å². The maximum absolute atomic E-state index is 12.3. The summed E-state index contributed by atoms with van der Waals surface area (Å²) in [6.07, 6.45) is 2.58. The van der Waals surface area contributed by atoms with E-state index in [9.17, 15) is 13.8 Å². The summed E-state index contributed by atoms with van der Waals surface area (Å²) in [6, 6.07) is 0. The number of carbonyl (C=O) groups is 2. The number of carbonyl (C=O) groups excluding carboxylic acids is 2. The number of hydrogen-bond donors (Lipinski definition) is 0. The van der Waals surface area contributed by atoms with Crippen LogP contribution in [0.15, 0.2) is 4.21 Å². The molecule has 2 rings (SSSR count). The fraction of sp³-hybridized carbons (Fsp3) is 0.538. The van der Waals surface area contributed by atoms with Crippen molar-refractivity contribution in [1.82, 2.24) is 0 Å². The number of ketones is 1. The van der Waals surface area contributed by atoms with Crippen molar-refractivity contribution in [2.45, 2.75) is 30.9 Å². The Labute approximate surface area is 118 Å². The van der Waals surface area contributed by atoms with Crippen LogP contribution in [0.2, 0.25) is 0 Å². The van der Waals surface area contributed by atoms with E-state index in [0.717, 1.165) is 11.3 Å². The van der Waals surface area contributed by atoms with Crippen LogP contribution in [0.4, 0.5) is 0 Å². The second kappa shape index (κ2) is 4.83. The lowest BCUT2D eigenvalue weighted by Gasteiger charge is -2.29. The van der Waals surface area contributed by atoms with Gasteiger partial charge >= 0.3 is 5.97 Å². The van der Waals surface area contributed by atoms with Crippen molar-refractivity contribution >= 4 is 33.9 Å². The Bertz CT molecular complexity index is 584. The highest BCUT2D eigenvalue weighted by Gasteiger charge is 2.38. The molecule has 1 aliphatic rings. The van der Waals surface area contributed by atoms with Gasteiger partial charge in [-0.3, -0.25) is 9.00 Å². The van der Waals surface area contributed by atoms with Crippen LogP contribution >= 0.6 is 11.3 Å². The minimum absolute atomic E-state index is 0.0251. The van der Waals surface area contributed by atoms with Crippen LogP contribution in [0.5, 0.6) is 0 Å². The molecule has 0 bridgehead atoms. The van der Waals surface area contributed by atoms with Gasteiger partial charge in [0.25, 0.3) is 0 Å². The summed E-state index contributed by atoms with van der Waals surface area (Å²) in [5.41, 5.74) is 1.02. The van der Waals surface area contributed by atoms with Crippen molar-refractivity contribution in [2.24, 2.45) is 5.41 Å². The number of fused-ring (bicyclic) bond motifs is 1. The first-order chi connectivity index (χ1) is 8.76. The van der Waals surface area contributed by atoms with Crippen LogP contribution in [-0.4, -0.2) is 29.3 Å². The van der Waals surface area contributed by atoms with Gasteiger partial charge in [-0.25, -0.2) is 4.79 Å². The molecule has 0 aromatic carbocycles. The van der Waals surface area contributed by atoms with Crippen molar-refractivity contribution in [3.05, 3.63) is 16.0 Å². The Kier molecular flexibility index (Phi) is 3.66. The quantitative estimate of drug-likeness (QED) is 0.787. The Morgan fingerprint density at radius 3 is 2.53 bits per heavy atom. The van der Waals surface area contributed by atoms with Gasteiger partial charge in [0.05, 0.1) is 17.9 Å². The van der Waals surface area contributed by atoms with Gasteiger partial charge in [-0.2, -0.15) is 0 Å². The number of Topliss-reactive ketones (excluding diaryl/α,β-unsaturated/α-hetero) is 1. The third kappa shape index (κ3) is 2.51. The molecule has 1 aliphatic carbocycles. The third-order valence-electron chi connectivity index (χ3n) is 3.18. The summed E-state index contributed by atoms with van der Waals surface area (Å²) < 4.78 is 17.0. The van der Waals surface area contributed by atoms with Crippen molar-refractivity contribution < 1.29 is 18.5 Å². The molecule has 1 atom stereocenters. The Morgan fingerprint density at radius 2 is 2.00 bits per heavy atom. The first-order valence-electron chi connectivity index (χ1n) is 5.87. The fourth-order valence-electron chi connectivity index (χ4n) is 2.42. The zero-order valence-electron chi connectivity index (χ0n) is 11.4. The predicted molar refractivity (Wildman–Crippen MR) is 74.4 cm³/mol. The topological polar surface area (TPSA) is 60.4 Å². The highest BCUT2D eigenvalue weighted by Crippen LogP contribution is 2.42. The molecule has 4 nitrogen and oxygen atoms in total. The first-order valence-corrected chi connectivity index (χ1v) is 8.25. The van der Waals surface area contributed by atoms with Crippen LogP contribution in [0.25, 0.3) is 0 Å². The van der Waals surface area contributed by atoms with Crippen molar-refractivity contribution in [3.8, 4) is 0 Å². The molecule has 0 radical (unpaired) electrons. The van der Waals surface area contributed by atoms with Gasteiger partial charge in [-0.1, -0.05) is 13.8 Å². The molecule has 19 heavy (non-hydrogen) atoms. The molecular formula is C13H16O4S2. The van der Waals surface area contributed by atoms with Crippen molar-refractivity contribution in [2.75, 3.05) is 13.4 Å². The molecule has 0 fully saturated rings. The van der Waals surface area contributed by atoms with E-state index in [1.54, 1.807) is 0 Å². The van der Waals surface area contributed by atoms with Gasteiger partial charge in [0.1, 0.15) is 9.09 Å². The molecule has 0 aliphatic heterocycles. The molecule has 0 amide bonds. The second-order valence-corrected chi connectivity index (χ2v) is 8.05. The first kappa shape index (κ1) is 14.4. The number of ether oxygens (including phenoxy) is 1. The maximum atomic E-state index is 12.3. The number of esters is 1. The van der Waals surface area contributed by atoms with E-state index >= 15 is 0 Å². The maximum Gasteiger partial charge on any atom is 0.348 e. The number of hydrogen-bond acceptors (Lipinski definition) is 5. The monoisotopic (exact) mass is 300 g/mol. The van der Waals surface area contributed by atoms with E-state index in [2.05, 4.69) is 0 Å². The summed E-state index contributed by atoms with van der Waals surface area (Å²) in [4.78, 5) is 24.5. The van der Waals surface area contributed by atoms with E-state index in [4.69, 9.17) is 4.74 Å². The fourth-order valence-corrected chi connectivity index (χ4v) is 4.65. The average molecular weight is 300 g/mol. The molecular weight excluding hydrogens is 284 g/mol. The van der Waals surface area contributed by atoms with Crippen molar-refractivity contribution in [3.63, 3.8) is 0 Å². The standard InChI is InChI=1S/C13H16O4S2/c1-13(2)5-7-9(8(14)6-13)12(19(4)16)18-10(7)11(15)17-3/h5-6H2,1-4H3. The summed E-state index contributed by atoms with van der Waals surface area (Å²) in [7, 11) is 0.0407. The van der Waals surface area contributed by atoms with Crippen molar-refractivity contribution in [1.29, 1.82) is 0 Å². The van der Waals surface area contributed by atoms with Gasteiger partial charge in [0.2, 0.25) is 0 Å². The third-order valence-corrected chi connectivity index (χ3v) is 5.87. The number of methoxy groups -OCH3 is 1. The minimum atomic E-state index is -1.27. The summed E-state index contributed by atoms with van der Waals surface area (Å²) in [6.45, 7) is 3.99. The zero-order chi connectivity index (χ0) is 14.4. The van der Waals surface area contributed by atoms with E-state index in [0.29, 0.717) is 33.1 Å². The number of thiophene rings is 1. The summed E-state index contributed by atoms with van der Waals surface area (Å²) in [5, 5.41) is 0. The molecule has 1 unspecified atom stereocenters. The predicted octanol–water partition coefficient (Wildman–Crippen LogP) is 2.43. The smallest absolute Gasteiger partial charge is 0.348 e. The zero-order valence-corrected chi connectivity index (χ0v) is 13.0. The van der Waals surface area contributed by atoms with Gasteiger partial charge in [-0.05, 0) is 17.4 Å². The lowest BCUT2D eigenvalue weighted by Crippen LogP contribution is -2.27. The summed E-state index contributed by atoms with van der Waals surface area (Å²) >= 11 is 1.13. The van der Waals surface area contributed by atoms with Crippen LogP contribution in [0, 0.1) is 5.41 Å². The molecule has 6 heteroatoms. The second-order valence-electron chi connectivity index (χ2n) is 5.46. The SMILES string of the molecule is COC(=O)c1sc(S(C)=O)c2c1CC(C)(C)CC2=O. The molecule has 0 saturated carbocycles. The highest BCUT2D eigenvalue weighted by molar-refractivity contribution is 7.86. The van der Waals surface area contributed by atoms with E-state index in [1.807, 2.05) is 13.8 Å². The van der Waals surface area contributed by atoms with Crippen LogP contribution in [-0.2, 0) is 22.0 Å². The minimum Gasteiger partial charge on any atom is -0.465 e. The van der Waals surface area contributed by atoms with Gasteiger partial charge in [0.15, 0.2) is 5.78 Å². The normalized spacial score (nSPS) is 18.8. The van der Waals surface area contributed by atoms with E-state index < -0.39 is 16.8 Å². The largest absolute Gasteiger partial charge is 0.465 e. The Balaban J connectivity index is 2.68. The summed E-state index contributed by atoms with van der Waals surface area (Å²) in [5.74, 6) is -0.480. The van der Waals surface area contributed by atoms with Crippen LogP contribution < -0.4 is 0 Å². The van der Waals surface area contributed by atoms with Crippen LogP contribution in [0.1, 0.15) is 45.9 Å². The molecule has 0 saturated heterocycles. The molecule has 1 aromatic rings. The van der Waals surface area contributed by atoms with Gasteiger partial charge < -0.3 is 4.74 Å². The Hall–Kier alpha value is -1.01. The molecule has 1 heterocycles. The number of rotatable bonds is 2. The van der Waals surface area contributed by atoms with E-state index in [-0.39, 0.29) is 11.2 Å². The molecule has 1 aromatic heterocycles. The molecule has 0 N–H and O–H groups in total. The van der Waals surface area contributed by atoms with Crippen LogP contribution in [0.3, 0.4) is 0 Å². The van der Waals surface area contributed by atoms with Gasteiger partial charge in [0, 0.05) is 18.2 Å². The molecule has 104 valence electrons.